The van der Waals surface area contributed by atoms with Gasteiger partial charge in [0.25, 0.3) is 0 Å². The number of ether oxygens (including phenoxy) is 3. The van der Waals surface area contributed by atoms with Crippen molar-refractivity contribution in [1.29, 1.82) is 0 Å². The maximum Gasteiger partial charge on any atom is 0.306 e. The van der Waals surface area contributed by atoms with Gasteiger partial charge in [-0.05, 0) is 19.3 Å². The maximum absolute atomic E-state index is 12.7. The highest BCUT2D eigenvalue weighted by Gasteiger charge is 2.19. The number of hydrogen-bond acceptors (Lipinski definition) is 6. The third-order valence-corrected chi connectivity index (χ3v) is 10.6. The van der Waals surface area contributed by atoms with E-state index in [-0.39, 0.29) is 31.1 Å². The SMILES string of the molecule is CCCCCCCCCCCCCCC(=O)OC[C@@H](COC(=O)CCCCCCCCCCCCC)OC(=O)CCCCCCCCCCCCCC. The summed E-state index contributed by atoms with van der Waals surface area (Å²) in [5.74, 6) is -0.849. The normalized spacial score (nSPS) is 11.8. The highest BCUT2D eigenvalue weighted by Crippen LogP contribution is 2.16. The van der Waals surface area contributed by atoms with E-state index in [9.17, 15) is 14.4 Å². The molecule has 0 amide bonds. The van der Waals surface area contributed by atoms with Gasteiger partial charge in [0, 0.05) is 19.3 Å². The molecule has 1 atom stereocenters. The molecule has 0 radical (unpaired) electrons. The van der Waals surface area contributed by atoms with Crippen LogP contribution in [0.2, 0.25) is 0 Å². The second kappa shape index (κ2) is 43.1. The van der Waals surface area contributed by atoms with Crippen LogP contribution < -0.4 is 0 Å². The predicted octanol–water partition coefficient (Wildman–Crippen LogP) is 14.9. The molecule has 0 aliphatic rings. The molecule has 0 aromatic carbocycles. The molecule has 0 N–H and O–H groups in total. The highest BCUT2D eigenvalue weighted by molar-refractivity contribution is 5.71. The summed E-state index contributed by atoms with van der Waals surface area (Å²) >= 11 is 0. The van der Waals surface area contributed by atoms with Crippen molar-refractivity contribution in [3.05, 3.63) is 0 Å². The monoisotopic (exact) mass is 751 g/mol. The van der Waals surface area contributed by atoms with E-state index in [0.717, 1.165) is 57.8 Å². The molecule has 0 aliphatic heterocycles. The van der Waals surface area contributed by atoms with Crippen LogP contribution in [0.3, 0.4) is 0 Å². The van der Waals surface area contributed by atoms with Crippen LogP contribution in [-0.2, 0) is 28.6 Å². The Labute approximate surface area is 329 Å². The standard InChI is InChI=1S/C47H90O6/c1-4-7-10-13-16-19-22-25-28-31-34-37-40-46(49)52-43-44(42-51-45(48)39-36-33-30-27-24-21-18-15-12-9-6-3)53-47(50)41-38-35-32-29-26-23-20-17-14-11-8-5-2/h44H,4-43H2,1-3H3/t44-/m1/s1. The largest absolute Gasteiger partial charge is 0.462 e. The summed E-state index contributed by atoms with van der Waals surface area (Å²) in [7, 11) is 0. The lowest BCUT2D eigenvalue weighted by molar-refractivity contribution is -0.167. The second-order valence-electron chi connectivity index (χ2n) is 16.0. The van der Waals surface area contributed by atoms with E-state index in [1.807, 2.05) is 0 Å². The fourth-order valence-electron chi connectivity index (χ4n) is 7.03. The molecule has 0 aliphatic carbocycles. The van der Waals surface area contributed by atoms with E-state index in [4.69, 9.17) is 14.2 Å². The lowest BCUT2D eigenvalue weighted by Crippen LogP contribution is -2.30. The molecule has 0 rings (SSSR count). The fourth-order valence-corrected chi connectivity index (χ4v) is 7.03. The van der Waals surface area contributed by atoms with Crippen molar-refractivity contribution in [3.8, 4) is 0 Å². The zero-order valence-electron chi connectivity index (χ0n) is 35.8. The number of rotatable bonds is 43. The van der Waals surface area contributed by atoms with E-state index in [1.54, 1.807) is 0 Å². The lowest BCUT2D eigenvalue weighted by Gasteiger charge is -2.18. The van der Waals surface area contributed by atoms with Crippen molar-refractivity contribution in [3.63, 3.8) is 0 Å². The summed E-state index contributed by atoms with van der Waals surface area (Å²) < 4.78 is 16.7. The molecule has 0 bridgehead atoms. The number of esters is 3. The first-order valence-corrected chi connectivity index (χ1v) is 23.5. The van der Waals surface area contributed by atoms with Crippen molar-refractivity contribution < 1.29 is 28.6 Å². The summed E-state index contributed by atoms with van der Waals surface area (Å²) in [4.78, 5) is 37.7. The number of carbonyl (C=O) groups excluding carboxylic acids is 3. The van der Waals surface area contributed by atoms with Gasteiger partial charge >= 0.3 is 17.9 Å². The summed E-state index contributed by atoms with van der Waals surface area (Å²) in [6.45, 7) is 6.65. The van der Waals surface area contributed by atoms with Crippen molar-refractivity contribution in [2.45, 2.75) is 271 Å². The van der Waals surface area contributed by atoms with Gasteiger partial charge in [0.1, 0.15) is 13.2 Å². The Morgan fingerprint density at radius 2 is 0.509 bits per heavy atom. The Bertz CT molecular complexity index is 783. The summed E-state index contributed by atoms with van der Waals surface area (Å²) in [5, 5.41) is 0. The average molecular weight is 751 g/mol. The van der Waals surface area contributed by atoms with Crippen LogP contribution in [0.15, 0.2) is 0 Å². The molecule has 0 unspecified atom stereocenters. The molecule has 53 heavy (non-hydrogen) atoms. The van der Waals surface area contributed by atoms with Gasteiger partial charge in [0.05, 0.1) is 0 Å². The van der Waals surface area contributed by atoms with Gasteiger partial charge in [0.2, 0.25) is 0 Å². The lowest BCUT2D eigenvalue weighted by atomic mass is 10.0. The van der Waals surface area contributed by atoms with Crippen LogP contribution in [0.4, 0.5) is 0 Å². The quantitative estimate of drug-likeness (QED) is 0.0351. The minimum atomic E-state index is -0.757. The first kappa shape index (κ1) is 51.4. The Balaban J connectivity index is 4.32. The van der Waals surface area contributed by atoms with Crippen LogP contribution in [-0.4, -0.2) is 37.2 Å². The zero-order valence-corrected chi connectivity index (χ0v) is 35.8. The molecule has 0 saturated carbocycles. The van der Waals surface area contributed by atoms with Crippen molar-refractivity contribution in [2.24, 2.45) is 0 Å². The molecule has 314 valence electrons. The Kier molecular flexibility index (Phi) is 41.8. The summed E-state index contributed by atoms with van der Waals surface area (Å²) in [5.41, 5.74) is 0. The Morgan fingerprint density at radius 1 is 0.302 bits per heavy atom. The number of hydrogen-bond donors (Lipinski definition) is 0. The molecule has 0 spiro atoms. The molecule has 6 heteroatoms. The van der Waals surface area contributed by atoms with Crippen LogP contribution in [0.25, 0.3) is 0 Å². The molecule has 0 heterocycles. The average Bonchev–Trinajstić information content (AvgIpc) is 3.15. The molecular formula is C47H90O6. The van der Waals surface area contributed by atoms with Crippen molar-refractivity contribution in [2.75, 3.05) is 13.2 Å². The second-order valence-corrected chi connectivity index (χ2v) is 16.0. The van der Waals surface area contributed by atoms with Crippen LogP contribution >= 0.6 is 0 Å². The summed E-state index contributed by atoms with van der Waals surface area (Å²) in [6.07, 6.45) is 43.6. The van der Waals surface area contributed by atoms with E-state index >= 15 is 0 Å². The summed E-state index contributed by atoms with van der Waals surface area (Å²) in [6, 6.07) is 0. The smallest absolute Gasteiger partial charge is 0.306 e. The Morgan fingerprint density at radius 3 is 0.755 bits per heavy atom. The van der Waals surface area contributed by atoms with E-state index in [0.29, 0.717) is 19.3 Å². The van der Waals surface area contributed by atoms with Gasteiger partial charge in [-0.3, -0.25) is 14.4 Å². The van der Waals surface area contributed by atoms with Gasteiger partial charge in [-0.2, -0.15) is 0 Å². The molecule has 0 aromatic heterocycles. The highest BCUT2D eigenvalue weighted by atomic mass is 16.6. The van der Waals surface area contributed by atoms with Crippen LogP contribution in [0, 0.1) is 0 Å². The van der Waals surface area contributed by atoms with E-state index in [2.05, 4.69) is 20.8 Å². The van der Waals surface area contributed by atoms with Gasteiger partial charge in [0.15, 0.2) is 6.10 Å². The molecule has 6 nitrogen and oxygen atoms in total. The molecular weight excluding hydrogens is 661 g/mol. The number of carbonyl (C=O) groups is 3. The molecule has 0 aromatic rings. The molecule has 0 fully saturated rings. The van der Waals surface area contributed by atoms with E-state index in [1.165, 1.54) is 167 Å². The predicted molar refractivity (Wildman–Crippen MR) is 224 cm³/mol. The van der Waals surface area contributed by atoms with E-state index < -0.39 is 6.10 Å². The minimum absolute atomic E-state index is 0.0625. The first-order chi connectivity index (χ1) is 26.0. The number of unbranched alkanes of at least 4 members (excludes halogenated alkanes) is 32. The Hall–Kier alpha value is -1.59. The van der Waals surface area contributed by atoms with Crippen LogP contribution in [0.1, 0.15) is 265 Å². The van der Waals surface area contributed by atoms with Crippen molar-refractivity contribution >= 4 is 17.9 Å². The van der Waals surface area contributed by atoms with Crippen LogP contribution in [0.5, 0.6) is 0 Å². The van der Waals surface area contributed by atoms with Crippen molar-refractivity contribution in [1.82, 2.24) is 0 Å². The fraction of sp³-hybridized carbons (Fsp3) is 0.936. The van der Waals surface area contributed by atoms with Gasteiger partial charge in [-0.15, -0.1) is 0 Å². The third-order valence-electron chi connectivity index (χ3n) is 10.6. The maximum atomic E-state index is 12.7. The van der Waals surface area contributed by atoms with Gasteiger partial charge in [-0.25, -0.2) is 0 Å². The molecule has 0 saturated heterocycles. The third kappa shape index (κ3) is 41.4. The minimum Gasteiger partial charge on any atom is -0.462 e. The van der Waals surface area contributed by atoms with Gasteiger partial charge < -0.3 is 14.2 Å². The zero-order chi connectivity index (χ0) is 38.7. The first-order valence-electron chi connectivity index (χ1n) is 23.5. The topological polar surface area (TPSA) is 78.9 Å². The van der Waals surface area contributed by atoms with Gasteiger partial charge in [-0.1, -0.05) is 226 Å².